The van der Waals surface area contributed by atoms with E-state index >= 15 is 0 Å². The summed E-state index contributed by atoms with van der Waals surface area (Å²) in [5.41, 5.74) is 1.82. The predicted octanol–water partition coefficient (Wildman–Crippen LogP) is 4.44. The number of hydrogen-bond donors (Lipinski definition) is 2. The van der Waals surface area contributed by atoms with Gasteiger partial charge >= 0.3 is 0 Å². The minimum atomic E-state index is -0.574. The summed E-state index contributed by atoms with van der Waals surface area (Å²) in [5.74, 6) is -0.180. The van der Waals surface area contributed by atoms with Crippen molar-refractivity contribution in [1.82, 2.24) is 0 Å². The Bertz CT molecular complexity index is 1050. The summed E-state index contributed by atoms with van der Waals surface area (Å²) in [6.07, 6.45) is 0.821. The number of ether oxygens (including phenoxy) is 2. The van der Waals surface area contributed by atoms with Crippen molar-refractivity contribution in [2.45, 2.75) is 12.8 Å². The van der Waals surface area contributed by atoms with Gasteiger partial charge in [0.05, 0.1) is 5.69 Å². The topological polar surface area (TPSA) is 76.7 Å². The molecule has 3 aromatic rings. The standard InChI is InChI=1S/C21H17FN2O4S/c22-16-4-3-15(10-17(16)24-20(25)6-1-13-7-8-29-11-13)23-21(26)14-2-5-18-19(9-14)28-12-27-18/h2-5,7-11H,1,6,12H2,(H,23,26)(H,24,25). The lowest BCUT2D eigenvalue weighted by Crippen LogP contribution is -2.15. The lowest BCUT2D eigenvalue weighted by molar-refractivity contribution is -0.116. The van der Waals surface area contributed by atoms with Gasteiger partial charge in [0.15, 0.2) is 11.5 Å². The molecule has 1 aliphatic heterocycles. The molecule has 0 saturated carbocycles. The normalized spacial score (nSPS) is 11.9. The third kappa shape index (κ3) is 4.55. The molecule has 0 bridgehead atoms. The van der Waals surface area contributed by atoms with Crippen LogP contribution in [0.25, 0.3) is 0 Å². The summed E-state index contributed by atoms with van der Waals surface area (Å²) in [5, 5.41) is 9.17. The molecule has 0 fully saturated rings. The second kappa shape index (κ2) is 8.32. The van der Waals surface area contributed by atoms with Crippen LogP contribution in [0.5, 0.6) is 11.5 Å². The van der Waals surface area contributed by atoms with Crippen LogP contribution < -0.4 is 20.1 Å². The molecule has 2 amide bonds. The Kier molecular flexibility index (Phi) is 5.44. The van der Waals surface area contributed by atoms with Crippen LogP contribution in [0.1, 0.15) is 22.3 Å². The van der Waals surface area contributed by atoms with Gasteiger partial charge in [0.25, 0.3) is 5.91 Å². The molecule has 0 radical (unpaired) electrons. The van der Waals surface area contributed by atoms with Gasteiger partial charge in [-0.05, 0) is 65.2 Å². The molecule has 0 aliphatic carbocycles. The SMILES string of the molecule is O=C(CCc1ccsc1)Nc1cc(NC(=O)c2ccc3c(c2)OCO3)ccc1F. The zero-order valence-electron chi connectivity index (χ0n) is 15.2. The van der Waals surface area contributed by atoms with Gasteiger partial charge in [0, 0.05) is 17.7 Å². The van der Waals surface area contributed by atoms with Crippen molar-refractivity contribution >= 4 is 34.5 Å². The van der Waals surface area contributed by atoms with Crippen LogP contribution in [-0.4, -0.2) is 18.6 Å². The van der Waals surface area contributed by atoms with Crippen molar-refractivity contribution in [1.29, 1.82) is 0 Å². The Balaban J connectivity index is 1.41. The van der Waals surface area contributed by atoms with Crippen molar-refractivity contribution in [2.75, 3.05) is 17.4 Å². The van der Waals surface area contributed by atoms with Crippen LogP contribution in [0.3, 0.4) is 0 Å². The first-order chi connectivity index (χ1) is 14.1. The second-order valence-corrected chi connectivity index (χ2v) is 7.18. The molecule has 2 N–H and O–H groups in total. The molecule has 29 heavy (non-hydrogen) atoms. The first-order valence-corrected chi connectivity index (χ1v) is 9.84. The van der Waals surface area contributed by atoms with E-state index in [9.17, 15) is 14.0 Å². The Morgan fingerprint density at radius 1 is 1.03 bits per heavy atom. The van der Waals surface area contributed by atoms with E-state index in [0.717, 1.165) is 5.56 Å². The highest BCUT2D eigenvalue weighted by molar-refractivity contribution is 7.07. The van der Waals surface area contributed by atoms with Crippen LogP contribution in [-0.2, 0) is 11.2 Å². The first-order valence-electron chi connectivity index (χ1n) is 8.90. The monoisotopic (exact) mass is 412 g/mol. The maximum absolute atomic E-state index is 14.1. The Morgan fingerprint density at radius 2 is 1.90 bits per heavy atom. The first kappa shape index (κ1) is 18.9. The quantitative estimate of drug-likeness (QED) is 0.628. The van der Waals surface area contributed by atoms with Crippen LogP contribution in [0.4, 0.5) is 15.8 Å². The minimum absolute atomic E-state index is 0.0174. The fourth-order valence-electron chi connectivity index (χ4n) is 2.85. The van der Waals surface area contributed by atoms with Crippen LogP contribution in [0.2, 0.25) is 0 Å². The van der Waals surface area contributed by atoms with E-state index < -0.39 is 5.82 Å². The number of nitrogens with one attached hydrogen (secondary N) is 2. The van der Waals surface area contributed by atoms with E-state index in [1.165, 1.54) is 18.2 Å². The summed E-state index contributed by atoms with van der Waals surface area (Å²) >= 11 is 1.56. The fourth-order valence-corrected chi connectivity index (χ4v) is 3.55. The number of benzene rings is 2. The van der Waals surface area contributed by atoms with E-state index in [1.54, 1.807) is 29.5 Å². The molecule has 0 spiro atoms. The number of thiophene rings is 1. The highest BCUT2D eigenvalue weighted by atomic mass is 32.1. The molecule has 0 unspecified atom stereocenters. The zero-order chi connectivity index (χ0) is 20.2. The van der Waals surface area contributed by atoms with E-state index in [4.69, 9.17) is 9.47 Å². The molecule has 2 heterocycles. The van der Waals surface area contributed by atoms with Gasteiger partial charge < -0.3 is 20.1 Å². The highest BCUT2D eigenvalue weighted by Crippen LogP contribution is 2.32. The lowest BCUT2D eigenvalue weighted by atomic mass is 10.1. The van der Waals surface area contributed by atoms with Crippen molar-refractivity contribution in [3.05, 3.63) is 70.2 Å². The smallest absolute Gasteiger partial charge is 0.255 e. The Hall–Kier alpha value is -3.39. The van der Waals surface area contributed by atoms with Gasteiger partial charge in [0.2, 0.25) is 12.7 Å². The third-order valence-corrected chi connectivity index (χ3v) is 5.09. The number of rotatable bonds is 6. The second-order valence-electron chi connectivity index (χ2n) is 6.40. The van der Waals surface area contributed by atoms with Crippen molar-refractivity contribution in [3.8, 4) is 11.5 Å². The maximum atomic E-state index is 14.1. The van der Waals surface area contributed by atoms with Crippen LogP contribution in [0.15, 0.2) is 53.2 Å². The fraction of sp³-hybridized carbons (Fsp3) is 0.143. The van der Waals surface area contributed by atoms with Crippen molar-refractivity contribution < 1.29 is 23.5 Å². The summed E-state index contributed by atoms with van der Waals surface area (Å²) in [6, 6.07) is 10.8. The maximum Gasteiger partial charge on any atom is 0.255 e. The van der Waals surface area contributed by atoms with E-state index in [2.05, 4.69) is 10.6 Å². The number of fused-ring (bicyclic) bond motifs is 1. The summed E-state index contributed by atoms with van der Waals surface area (Å²) in [6.45, 7) is 0.119. The largest absolute Gasteiger partial charge is 0.454 e. The molecular weight excluding hydrogens is 395 g/mol. The number of amides is 2. The number of aryl methyl sites for hydroxylation is 1. The van der Waals surface area contributed by atoms with Gasteiger partial charge in [-0.25, -0.2) is 4.39 Å². The molecule has 1 aliphatic rings. The average Bonchev–Trinajstić information content (AvgIpc) is 3.40. The van der Waals surface area contributed by atoms with Gasteiger partial charge in [0.1, 0.15) is 5.82 Å². The van der Waals surface area contributed by atoms with Gasteiger partial charge in [-0.2, -0.15) is 11.3 Å². The lowest BCUT2D eigenvalue weighted by Gasteiger charge is -2.10. The van der Waals surface area contributed by atoms with Gasteiger partial charge in [-0.3, -0.25) is 9.59 Å². The number of carbonyl (C=O) groups excluding carboxylic acids is 2. The van der Waals surface area contributed by atoms with Crippen LogP contribution >= 0.6 is 11.3 Å². The Labute approximate surface area is 170 Å². The molecule has 4 rings (SSSR count). The molecule has 1 aromatic heterocycles. The van der Waals surface area contributed by atoms with E-state index in [-0.39, 0.29) is 30.7 Å². The zero-order valence-corrected chi connectivity index (χ0v) is 16.1. The number of carbonyl (C=O) groups is 2. The molecule has 148 valence electrons. The molecule has 2 aromatic carbocycles. The summed E-state index contributed by atoms with van der Waals surface area (Å²) in [4.78, 5) is 24.6. The molecule has 6 nitrogen and oxygen atoms in total. The number of anilines is 2. The van der Waals surface area contributed by atoms with Crippen LogP contribution in [0, 0.1) is 5.82 Å². The molecule has 0 atom stereocenters. The Morgan fingerprint density at radius 3 is 2.72 bits per heavy atom. The van der Waals surface area contributed by atoms with E-state index in [1.807, 2.05) is 16.8 Å². The van der Waals surface area contributed by atoms with Crippen molar-refractivity contribution in [3.63, 3.8) is 0 Å². The highest BCUT2D eigenvalue weighted by Gasteiger charge is 2.17. The third-order valence-electron chi connectivity index (χ3n) is 4.35. The average molecular weight is 412 g/mol. The van der Waals surface area contributed by atoms with Crippen molar-refractivity contribution in [2.24, 2.45) is 0 Å². The predicted molar refractivity (Wildman–Crippen MR) is 108 cm³/mol. The number of hydrogen-bond acceptors (Lipinski definition) is 5. The summed E-state index contributed by atoms with van der Waals surface area (Å²) in [7, 11) is 0. The molecular formula is C21H17FN2O4S. The van der Waals surface area contributed by atoms with Gasteiger partial charge in [-0.1, -0.05) is 0 Å². The molecule has 0 saturated heterocycles. The summed E-state index contributed by atoms with van der Waals surface area (Å²) < 4.78 is 24.6. The van der Waals surface area contributed by atoms with E-state index in [0.29, 0.717) is 29.2 Å². The minimum Gasteiger partial charge on any atom is -0.454 e. The molecule has 8 heteroatoms. The number of halogens is 1. The van der Waals surface area contributed by atoms with Gasteiger partial charge in [-0.15, -0.1) is 0 Å².